The highest BCUT2D eigenvalue weighted by atomic mass is 16.2. The van der Waals surface area contributed by atoms with Crippen LogP contribution in [0.25, 0.3) is 0 Å². The number of nitrogens with zero attached hydrogens (tertiary/aromatic N) is 8. The van der Waals surface area contributed by atoms with Crippen LogP contribution in [0.3, 0.4) is 0 Å². The lowest BCUT2D eigenvalue weighted by Gasteiger charge is -2.32. The predicted octanol–water partition coefficient (Wildman–Crippen LogP) is -11.1. The molecule has 0 unspecified atom stereocenters. The molecule has 0 aromatic carbocycles. The first kappa shape index (κ1) is 101. The van der Waals surface area contributed by atoms with Crippen LogP contribution in [0.2, 0.25) is 0 Å². The molecule has 0 aromatic rings. The molecule has 0 atom stereocenters. The molecule has 12 amide bonds. The van der Waals surface area contributed by atoms with Crippen molar-refractivity contribution in [3.63, 3.8) is 0 Å². The Morgan fingerprint density at radius 1 is 0.191 bits per heavy atom. The number of hydrogen-bond acceptors (Lipinski definition) is 28. The molecule has 1 fully saturated rings. The molecule has 1 heterocycles. The zero-order chi connectivity index (χ0) is 81.0. The van der Waals surface area contributed by atoms with Crippen molar-refractivity contribution in [2.45, 2.75) is 89.9 Å². The summed E-state index contributed by atoms with van der Waals surface area (Å²) < 4.78 is 0. The summed E-state index contributed by atoms with van der Waals surface area (Å²) in [5, 5.41) is 34.3. The normalized spacial score (nSPS) is 13.6. The molecular formula is C70H144N28O12. The van der Waals surface area contributed by atoms with Crippen molar-refractivity contribution < 1.29 is 57.5 Å². The number of nitrogens with one attached hydrogen (secondary N) is 12. The number of hydrogen-bond donors (Lipinski definition) is 20. The summed E-state index contributed by atoms with van der Waals surface area (Å²) >= 11 is 0. The van der Waals surface area contributed by atoms with Gasteiger partial charge in [-0.3, -0.25) is 57.5 Å². The maximum absolute atomic E-state index is 13.8. The van der Waals surface area contributed by atoms with Crippen LogP contribution >= 0.6 is 0 Å². The topological polar surface area (TPSA) is 583 Å². The molecule has 0 spiro atoms. The fraction of sp³-hybridized carbons (Fsp3) is 0.829. The van der Waals surface area contributed by atoms with Crippen LogP contribution in [-0.4, -0.2) is 398 Å². The molecular weight excluding hydrogens is 1420 g/mol. The number of rotatable bonds is 64. The standard InChI is InChI=1S/C70H144N28O12/c71-15-23-79-59(99)7-43-95(44-8-60(100)80-24-16-72)51-31-87-67(107)3-39-91-35-1-36-92(40-4-68(108)88-32-52-96(45-9-61(101)81-25-17-73)46-10-62(102)82-26-18-74)56-58-94(42-6-70(110)90-34-54-98(49-13-65(105)85-29-21-77)50-14-66(106)86-30-22-78)38-2-37-93(57-55-91)41-5-69(109)89-33-53-97(47-11-63(103)83-27-19-75)48-12-64(104)84-28-20-76/h1-58,71-78H2,(H,79,99)(H,80,100)(H,81,101)(H,82,102)(H,83,103)(H,84,104)(H,85,105)(H,86,106)(H,87,107)(H,88,108)(H,89,109)(H,90,110). The molecule has 636 valence electrons. The molecule has 0 aliphatic carbocycles. The smallest absolute Gasteiger partial charge is 0.221 e. The fourth-order valence-electron chi connectivity index (χ4n) is 11.6. The summed E-state index contributed by atoms with van der Waals surface area (Å²) in [6.45, 7) is 16.5. The van der Waals surface area contributed by atoms with E-state index in [0.29, 0.717) is 275 Å². The van der Waals surface area contributed by atoms with Gasteiger partial charge in [0, 0.05) is 339 Å². The van der Waals surface area contributed by atoms with Crippen molar-refractivity contribution in [3.8, 4) is 0 Å². The highest BCUT2D eigenvalue weighted by molar-refractivity contribution is 5.80. The van der Waals surface area contributed by atoms with Crippen molar-refractivity contribution in [2.75, 3.05) is 288 Å². The quantitative estimate of drug-likeness (QED) is 0.0269. The minimum absolute atomic E-state index is 0.160. The van der Waals surface area contributed by atoms with Crippen LogP contribution in [0.4, 0.5) is 0 Å². The Morgan fingerprint density at radius 3 is 0.473 bits per heavy atom. The summed E-state index contributed by atoms with van der Waals surface area (Å²) in [6, 6.07) is 0. The Hall–Kier alpha value is -7.00. The minimum atomic E-state index is -0.185. The van der Waals surface area contributed by atoms with E-state index in [0.717, 1.165) is 0 Å². The predicted molar refractivity (Wildman–Crippen MR) is 425 cm³/mol. The Labute approximate surface area is 652 Å². The van der Waals surface area contributed by atoms with Gasteiger partial charge >= 0.3 is 0 Å². The van der Waals surface area contributed by atoms with Crippen LogP contribution in [-0.2, 0) is 57.5 Å². The number of carbonyl (C=O) groups excluding carboxylic acids is 12. The summed E-state index contributed by atoms with van der Waals surface area (Å²) in [5.41, 5.74) is 44.7. The summed E-state index contributed by atoms with van der Waals surface area (Å²) in [7, 11) is 0. The Morgan fingerprint density at radius 2 is 0.327 bits per heavy atom. The molecule has 0 bridgehead atoms. The molecule has 0 radical (unpaired) electrons. The molecule has 1 aliphatic rings. The maximum Gasteiger partial charge on any atom is 0.221 e. The van der Waals surface area contributed by atoms with Gasteiger partial charge in [-0.25, -0.2) is 0 Å². The van der Waals surface area contributed by atoms with Crippen LogP contribution in [0.5, 0.6) is 0 Å². The van der Waals surface area contributed by atoms with Gasteiger partial charge in [0.15, 0.2) is 0 Å². The zero-order valence-corrected chi connectivity index (χ0v) is 66.1. The molecule has 1 rings (SSSR count). The minimum Gasteiger partial charge on any atom is -0.355 e. The van der Waals surface area contributed by atoms with E-state index in [-0.39, 0.29) is 174 Å². The van der Waals surface area contributed by atoms with E-state index < -0.39 is 0 Å². The number of nitrogens with two attached hydrogens (primary N) is 8. The van der Waals surface area contributed by atoms with Crippen molar-refractivity contribution >= 4 is 70.9 Å². The van der Waals surface area contributed by atoms with Gasteiger partial charge in [-0.05, 0) is 39.0 Å². The largest absolute Gasteiger partial charge is 0.355 e. The second-order valence-corrected chi connectivity index (χ2v) is 26.9. The summed E-state index contributed by atoms with van der Waals surface area (Å²) in [6.07, 6.45) is 3.35. The van der Waals surface area contributed by atoms with E-state index in [2.05, 4.69) is 83.4 Å². The second-order valence-electron chi connectivity index (χ2n) is 26.9. The lowest BCUT2D eigenvalue weighted by Crippen LogP contribution is -2.44. The number of carbonyl (C=O) groups is 12. The first-order valence-corrected chi connectivity index (χ1v) is 39.8. The fourth-order valence-corrected chi connectivity index (χ4v) is 11.6. The Kier molecular flexibility index (Phi) is 63.2. The maximum atomic E-state index is 13.8. The van der Waals surface area contributed by atoms with Crippen LogP contribution < -0.4 is 110 Å². The van der Waals surface area contributed by atoms with Gasteiger partial charge in [-0.1, -0.05) is 0 Å². The van der Waals surface area contributed by atoms with Gasteiger partial charge in [-0.2, -0.15) is 0 Å². The van der Waals surface area contributed by atoms with Crippen LogP contribution in [0.15, 0.2) is 0 Å². The Balaban J connectivity index is 3.61. The van der Waals surface area contributed by atoms with E-state index in [1.54, 1.807) is 0 Å². The van der Waals surface area contributed by atoms with Gasteiger partial charge in [0.1, 0.15) is 0 Å². The third kappa shape index (κ3) is 58.9. The first-order valence-electron chi connectivity index (χ1n) is 39.8. The number of amides is 12. The van der Waals surface area contributed by atoms with Crippen molar-refractivity contribution in [3.05, 3.63) is 0 Å². The Bertz CT molecular complexity index is 2110. The SMILES string of the molecule is NCCNC(=O)CCN(CCNC(=O)CCN1CCCN(CCC(=O)NCCN(CCC(=O)NCCN)CCC(=O)NCCN)CCN(CCC(=O)NCCN(CCC(=O)NCCN)CCC(=O)NCCN)CCCN(CCC(=O)NCCN(CCC(=O)NCCN)CCC(=O)NCCN)CC1)CCC(=O)NCCN. The monoisotopic (exact) mass is 1570 g/mol. The van der Waals surface area contributed by atoms with E-state index in [9.17, 15) is 57.5 Å². The van der Waals surface area contributed by atoms with E-state index >= 15 is 0 Å². The molecule has 0 saturated carbocycles. The van der Waals surface area contributed by atoms with E-state index in [1.165, 1.54) is 0 Å². The second kappa shape index (κ2) is 68.8. The highest BCUT2D eigenvalue weighted by Gasteiger charge is 2.22. The lowest BCUT2D eigenvalue weighted by molar-refractivity contribution is -0.123. The van der Waals surface area contributed by atoms with E-state index in [1.807, 2.05) is 19.6 Å². The van der Waals surface area contributed by atoms with Gasteiger partial charge in [0.05, 0.1) is 0 Å². The first-order chi connectivity index (χ1) is 53.2. The van der Waals surface area contributed by atoms with Crippen molar-refractivity contribution in [1.29, 1.82) is 0 Å². The lowest BCUT2D eigenvalue weighted by atomic mass is 10.2. The van der Waals surface area contributed by atoms with Gasteiger partial charge < -0.3 is 149 Å². The molecule has 40 heteroatoms. The molecule has 28 N–H and O–H groups in total. The van der Waals surface area contributed by atoms with Gasteiger partial charge in [0.25, 0.3) is 0 Å². The van der Waals surface area contributed by atoms with Crippen molar-refractivity contribution in [2.24, 2.45) is 45.9 Å². The van der Waals surface area contributed by atoms with Crippen molar-refractivity contribution in [1.82, 2.24) is 103 Å². The third-order valence-corrected chi connectivity index (χ3v) is 18.0. The van der Waals surface area contributed by atoms with Gasteiger partial charge in [0.2, 0.25) is 70.9 Å². The average molecular weight is 1570 g/mol. The van der Waals surface area contributed by atoms with E-state index in [4.69, 9.17) is 45.9 Å². The third-order valence-electron chi connectivity index (χ3n) is 18.0. The molecule has 110 heavy (non-hydrogen) atoms. The summed E-state index contributed by atoms with van der Waals surface area (Å²) in [5.74, 6) is -2.14. The molecule has 1 aliphatic heterocycles. The summed E-state index contributed by atoms with van der Waals surface area (Å²) in [4.78, 5) is 172. The van der Waals surface area contributed by atoms with Crippen LogP contribution in [0, 0.1) is 0 Å². The zero-order valence-electron chi connectivity index (χ0n) is 66.1. The van der Waals surface area contributed by atoms with Crippen LogP contribution in [0.1, 0.15) is 89.9 Å². The molecule has 1 saturated heterocycles. The van der Waals surface area contributed by atoms with Gasteiger partial charge in [-0.15, -0.1) is 0 Å². The average Bonchev–Trinajstić information content (AvgIpc) is 0.928. The molecule has 40 nitrogen and oxygen atoms in total. The molecule has 0 aromatic heterocycles. The highest BCUT2D eigenvalue weighted by Crippen LogP contribution is 2.08.